The van der Waals surface area contributed by atoms with Crippen LogP contribution in [0.5, 0.6) is 0 Å². The number of hydrogen-bond donors (Lipinski definition) is 0. The highest BCUT2D eigenvalue weighted by atomic mass is 32.1. The lowest BCUT2D eigenvalue weighted by atomic mass is 9.33. The monoisotopic (exact) mass is 1350 g/mol. The molecule has 20 aromatic rings. The summed E-state index contributed by atoms with van der Waals surface area (Å²) in [7, 11) is 0. The third-order valence-corrected chi connectivity index (χ3v) is 24.1. The van der Waals surface area contributed by atoms with Crippen molar-refractivity contribution in [2.45, 2.75) is 26.2 Å². The second kappa shape index (κ2) is 20.4. The zero-order valence-corrected chi connectivity index (χ0v) is 57.4. The van der Waals surface area contributed by atoms with Gasteiger partial charge in [-0.2, -0.15) is 0 Å². The molecular weight excluding hydrogens is 1290 g/mol. The summed E-state index contributed by atoms with van der Waals surface area (Å²) in [5, 5.41) is 7.76. The molecule has 9 nitrogen and oxygen atoms in total. The number of hydrogen-bond acceptors (Lipinski definition) is 8. The van der Waals surface area contributed by atoms with Crippen LogP contribution < -0.4 is 42.8 Å². The second-order valence-electron chi connectivity index (χ2n) is 29.4. The minimum atomic E-state index is -0.227. The van der Waals surface area contributed by atoms with Gasteiger partial charge in [-0.15, -0.1) is 11.3 Å². The molecule has 0 fully saturated rings. The van der Waals surface area contributed by atoms with Crippen LogP contribution in [0.3, 0.4) is 0 Å². The van der Waals surface area contributed by atoms with E-state index in [1.165, 1.54) is 53.0 Å². The first-order chi connectivity index (χ1) is 51.2. The summed E-state index contributed by atoms with van der Waals surface area (Å²) in [4.78, 5) is 16.6. The Morgan fingerprint density at radius 2 is 0.904 bits per heavy atom. The van der Waals surface area contributed by atoms with E-state index in [1.807, 2.05) is 11.3 Å². The summed E-state index contributed by atoms with van der Waals surface area (Å²) in [6.07, 6.45) is 0. The predicted octanol–water partition coefficient (Wildman–Crippen LogP) is 20.5. The Balaban J connectivity index is 0.694. The van der Waals surface area contributed by atoms with Crippen LogP contribution >= 0.6 is 11.3 Å². The Morgan fingerprint density at radius 3 is 1.64 bits per heavy atom. The molecular formula is C92H56B2N6O3S. The lowest BCUT2D eigenvalue weighted by Gasteiger charge is -2.40. The number of rotatable bonds is 6. The average molecular weight is 1350 g/mol. The van der Waals surface area contributed by atoms with Crippen molar-refractivity contribution in [2.75, 3.05) is 9.80 Å². The standard InChI is InChI=1S/C92H56B2N6O3S/c1-92(2,3)56-41-43-57(44-42-56)97-70-29-18-32-73-81(70)94(89-84(97)61-27-13-17-35-77(61)103-89)68-49-65-63-46-55(40-45-79(63)104-88(65)83-86(68)100(73)90(96-83)53-22-8-5-9-23-53)51-36-38-54(39-37-51)91-95-82-85-67(48-64-60-26-12-16-34-76(60)102-87(64)82)93-66-47-62-59-25-11-15-33-75(59)101-78(62)50-74(66)98(71-30-19-31-72(80(71)93)99(85)91)69-28-14-10-24-58(69)52-20-6-4-7-21-52/h4-50H,1-3H3. The lowest BCUT2D eigenvalue weighted by molar-refractivity contribution is 0.590. The summed E-state index contributed by atoms with van der Waals surface area (Å²) in [6.45, 7) is 6.42. The van der Waals surface area contributed by atoms with E-state index >= 15 is 0 Å². The van der Waals surface area contributed by atoms with Crippen LogP contribution in [0.1, 0.15) is 26.3 Å². The molecule has 0 atom stereocenters. The van der Waals surface area contributed by atoms with Gasteiger partial charge in [-0.3, -0.25) is 9.13 Å². The first kappa shape index (κ1) is 56.8. The van der Waals surface area contributed by atoms with Gasteiger partial charge >= 0.3 is 0 Å². The third kappa shape index (κ3) is 7.58. The molecule has 14 aromatic carbocycles. The van der Waals surface area contributed by atoms with Crippen LogP contribution in [0.25, 0.3) is 153 Å². The molecule has 0 saturated heterocycles. The van der Waals surface area contributed by atoms with Gasteiger partial charge in [0.25, 0.3) is 13.4 Å². The number of fused-ring (bicyclic) bond motifs is 21. The zero-order chi connectivity index (χ0) is 68.1. The summed E-state index contributed by atoms with van der Waals surface area (Å²) < 4.78 is 28.3. The third-order valence-electron chi connectivity index (χ3n) is 22.9. The van der Waals surface area contributed by atoms with E-state index in [-0.39, 0.29) is 18.8 Å². The van der Waals surface area contributed by atoms with Crippen LogP contribution in [-0.4, -0.2) is 32.5 Å². The normalized spacial score (nSPS) is 13.5. The highest BCUT2D eigenvalue weighted by Crippen LogP contribution is 2.51. The molecule has 4 aliphatic rings. The van der Waals surface area contributed by atoms with Gasteiger partial charge in [0.05, 0.1) is 32.8 Å². The molecule has 24 rings (SSSR count). The molecule has 12 heteroatoms. The van der Waals surface area contributed by atoms with Gasteiger partial charge in [-0.05, 0) is 134 Å². The van der Waals surface area contributed by atoms with Crippen LogP contribution in [0, 0.1) is 0 Å². The average Bonchev–Trinajstić information content (AvgIpc) is 1.45. The quantitative estimate of drug-likeness (QED) is 0.153. The maximum atomic E-state index is 7.30. The minimum Gasteiger partial charge on any atom is -0.468 e. The molecule has 0 saturated carbocycles. The summed E-state index contributed by atoms with van der Waals surface area (Å²) in [5.74, 6) is 1.77. The molecule has 10 heterocycles. The predicted molar refractivity (Wildman–Crippen MR) is 432 cm³/mol. The van der Waals surface area contributed by atoms with Crippen molar-refractivity contribution in [2.24, 2.45) is 0 Å². The highest BCUT2D eigenvalue weighted by molar-refractivity contribution is 7.26. The van der Waals surface area contributed by atoms with Gasteiger partial charge in [0.2, 0.25) is 0 Å². The van der Waals surface area contributed by atoms with E-state index in [0.717, 1.165) is 173 Å². The summed E-state index contributed by atoms with van der Waals surface area (Å²) in [5.41, 5.74) is 31.8. The van der Waals surface area contributed by atoms with E-state index in [0.29, 0.717) is 0 Å². The Bertz CT molecular complexity index is 7180. The molecule has 484 valence electrons. The Labute approximate surface area is 600 Å². The second-order valence-corrected chi connectivity index (χ2v) is 30.5. The van der Waals surface area contributed by atoms with E-state index < -0.39 is 0 Å². The molecule has 6 aromatic heterocycles. The molecule has 4 aliphatic heterocycles. The first-order valence-electron chi connectivity index (χ1n) is 35.8. The van der Waals surface area contributed by atoms with Gasteiger partial charge in [0, 0.05) is 99.3 Å². The number of aromatic nitrogens is 4. The van der Waals surface area contributed by atoms with Crippen LogP contribution in [-0.2, 0) is 5.41 Å². The van der Waals surface area contributed by atoms with Crippen molar-refractivity contribution in [1.82, 2.24) is 19.1 Å². The SMILES string of the molecule is CC(C)(C)c1ccc(N2c3cccc4c3B(c3oc5ccccc5c32)c2cc3c5cc(-c6ccc(-c7nc8c9oc%10ccccc%10c9cc9c8n7-c7cccc8c7B9c7cc9c(cc7N8c7ccccc7-c7ccccc7)oc7ccccc79)cc6)ccc5sc3c3nc(-c5ccccc5)n-4c23)cc1. The van der Waals surface area contributed by atoms with Crippen molar-refractivity contribution in [3.63, 3.8) is 0 Å². The molecule has 0 spiro atoms. The molecule has 0 radical (unpaired) electrons. The molecule has 0 aliphatic carbocycles. The zero-order valence-electron chi connectivity index (χ0n) is 56.6. The van der Waals surface area contributed by atoms with Crippen molar-refractivity contribution >= 4 is 189 Å². The van der Waals surface area contributed by atoms with Gasteiger partial charge < -0.3 is 23.1 Å². The Hall–Kier alpha value is -12.9. The van der Waals surface area contributed by atoms with E-state index in [2.05, 4.69) is 325 Å². The van der Waals surface area contributed by atoms with Crippen LogP contribution in [0.4, 0.5) is 34.1 Å². The van der Waals surface area contributed by atoms with Crippen molar-refractivity contribution in [1.29, 1.82) is 0 Å². The minimum absolute atomic E-state index is 0.000289. The Morgan fingerprint density at radius 1 is 0.356 bits per heavy atom. The van der Waals surface area contributed by atoms with E-state index in [9.17, 15) is 0 Å². The maximum Gasteiger partial charge on any atom is 0.297 e. The van der Waals surface area contributed by atoms with Crippen molar-refractivity contribution < 1.29 is 13.3 Å². The molecule has 0 N–H and O–H groups in total. The number of thiophene rings is 1. The van der Waals surface area contributed by atoms with Crippen LogP contribution in [0.15, 0.2) is 298 Å². The molecule has 0 amide bonds. The smallest absolute Gasteiger partial charge is 0.297 e. The van der Waals surface area contributed by atoms with Crippen molar-refractivity contribution in [3.05, 3.63) is 291 Å². The summed E-state index contributed by atoms with van der Waals surface area (Å²) >= 11 is 1.83. The number of benzene rings is 14. The van der Waals surface area contributed by atoms with Crippen LogP contribution in [0.2, 0.25) is 0 Å². The topological polar surface area (TPSA) is 81.5 Å². The molecule has 104 heavy (non-hydrogen) atoms. The highest BCUT2D eigenvalue weighted by Gasteiger charge is 2.48. The van der Waals surface area contributed by atoms with Gasteiger partial charge in [-0.25, -0.2) is 9.97 Å². The van der Waals surface area contributed by atoms with Gasteiger partial charge in [-0.1, -0.05) is 221 Å². The van der Waals surface area contributed by atoms with Gasteiger partial charge in [0.1, 0.15) is 45.0 Å². The molecule has 0 bridgehead atoms. The fourth-order valence-corrected chi connectivity index (χ4v) is 19.4. The van der Waals surface area contributed by atoms with Crippen molar-refractivity contribution in [3.8, 4) is 56.4 Å². The maximum absolute atomic E-state index is 7.30. The number of anilines is 6. The summed E-state index contributed by atoms with van der Waals surface area (Å²) in [6, 6.07) is 104. The Kier molecular flexibility index (Phi) is 11.2. The number of imidazole rings is 2. The van der Waals surface area contributed by atoms with Gasteiger partial charge in [0.15, 0.2) is 5.58 Å². The number of furan rings is 3. The molecule has 0 unspecified atom stereocenters. The largest absolute Gasteiger partial charge is 0.468 e. The van der Waals surface area contributed by atoms with E-state index in [1.54, 1.807) is 0 Å². The van der Waals surface area contributed by atoms with E-state index in [4.69, 9.17) is 23.2 Å². The lowest BCUT2D eigenvalue weighted by Crippen LogP contribution is -2.60. The number of nitrogens with zero attached hydrogens (tertiary/aromatic N) is 6. The fourth-order valence-electron chi connectivity index (χ4n) is 18.3. The fraction of sp³-hybridized carbons (Fsp3) is 0.0435. The first-order valence-corrected chi connectivity index (χ1v) is 36.6. The number of para-hydroxylation sites is 4.